The number of nitrogens with zero attached hydrogens (tertiary/aromatic N) is 2. The number of hydrogen-bond acceptors (Lipinski definition) is 4. The Morgan fingerprint density at radius 2 is 2.00 bits per heavy atom. The van der Waals surface area contributed by atoms with Gasteiger partial charge >= 0.3 is 0 Å². The number of nitrogens with one attached hydrogen (secondary N) is 2. The molecule has 0 fully saturated rings. The van der Waals surface area contributed by atoms with Crippen molar-refractivity contribution < 1.29 is 5.11 Å². The summed E-state index contributed by atoms with van der Waals surface area (Å²) in [7, 11) is 0. The molecule has 0 spiro atoms. The van der Waals surface area contributed by atoms with Crippen molar-refractivity contribution in [2.24, 2.45) is 0 Å². The first-order valence-corrected chi connectivity index (χ1v) is 7.68. The first-order valence-electron chi connectivity index (χ1n) is 7.31. The Morgan fingerprint density at radius 1 is 1.17 bits per heavy atom. The van der Waals surface area contributed by atoms with Gasteiger partial charge in [0.1, 0.15) is 0 Å². The van der Waals surface area contributed by atoms with Crippen molar-refractivity contribution >= 4 is 11.6 Å². The molecule has 1 atom stereocenters. The molecule has 0 amide bonds. The molecule has 3 aromatic rings. The number of rotatable bonds is 6. The molecule has 0 radical (unpaired) electrons. The van der Waals surface area contributed by atoms with E-state index in [-0.39, 0.29) is 0 Å². The zero-order valence-electron chi connectivity index (χ0n) is 12.4. The van der Waals surface area contributed by atoms with E-state index in [4.69, 9.17) is 11.6 Å². The summed E-state index contributed by atoms with van der Waals surface area (Å²) < 4.78 is 0. The Morgan fingerprint density at radius 3 is 2.74 bits per heavy atom. The third-order valence-corrected chi connectivity index (χ3v) is 3.83. The van der Waals surface area contributed by atoms with E-state index in [1.54, 1.807) is 30.7 Å². The lowest BCUT2D eigenvalue weighted by Gasteiger charge is -2.12. The highest BCUT2D eigenvalue weighted by atomic mass is 35.5. The summed E-state index contributed by atoms with van der Waals surface area (Å²) in [4.78, 5) is 4.12. The van der Waals surface area contributed by atoms with Crippen LogP contribution < -0.4 is 5.32 Å². The molecule has 3 rings (SSSR count). The fourth-order valence-corrected chi connectivity index (χ4v) is 2.48. The summed E-state index contributed by atoms with van der Waals surface area (Å²) in [5, 5.41) is 21.2. The van der Waals surface area contributed by atoms with Crippen LogP contribution in [-0.4, -0.2) is 26.8 Å². The van der Waals surface area contributed by atoms with Crippen LogP contribution in [0.4, 0.5) is 0 Å². The topological polar surface area (TPSA) is 73.8 Å². The SMILES string of the molecule is O[C@H](CNCc1cn[nH]c1-c1cccnc1)c1ccc(Cl)cc1. The summed E-state index contributed by atoms with van der Waals surface area (Å²) in [6.45, 7) is 1.05. The van der Waals surface area contributed by atoms with E-state index in [0.29, 0.717) is 18.1 Å². The largest absolute Gasteiger partial charge is 0.387 e. The molecule has 5 nitrogen and oxygen atoms in total. The lowest BCUT2D eigenvalue weighted by Crippen LogP contribution is -2.21. The van der Waals surface area contributed by atoms with Gasteiger partial charge in [0.05, 0.1) is 18.0 Å². The third-order valence-electron chi connectivity index (χ3n) is 3.58. The molecule has 0 bridgehead atoms. The van der Waals surface area contributed by atoms with E-state index in [1.807, 2.05) is 24.3 Å². The van der Waals surface area contributed by atoms with E-state index >= 15 is 0 Å². The van der Waals surface area contributed by atoms with E-state index in [1.165, 1.54) is 0 Å². The number of aliphatic hydroxyl groups excluding tert-OH is 1. The first kappa shape index (κ1) is 15.7. The van der Waals surface area contributed by atoms with Gasteiger partial charge in [-0.3, -0.25) is 10.1 Å². The second-order valence-corrected chi connectivity index (χ2v) is 5.65. The second-order valence-electron chi connectivity index (χ2n) is 5.21. The second kappa shape index (κ2) is 7.37. The molecular formula is C17H17ClN4O. The fourth-order valence-electron chi connectivity index (χ4n) is 2.35. The predicted molar refractivity (Wildman–Crippen MR) is 89.9 cm³/mol. The lowest BCUT2D eigenvalue weighted by molar-refractivity contribution is 0.174. The van der Waals surface area contributed by atoms with Gasteiger partial charge in [0, 0.05) is 41.6 Å². The molecule has 6 heteroatoms. The van der Waals surface area contributed by atoms with Gasteiger partial charge in [-0.15, -0.1) is 0 Å². The van der Waals surface area contributed by atoms with Crippen LogP contribution in [0.1, 0.15) is 17.2 Å². The van der Waals surface area contributed by atoms with Gasteiger partial charge in [0.2, 0.25) is 0 Å². The van der Waals surface area contributed by atoms with E-state index in [2.05, 4.69) is 20.5 Å². The normalized spacial score (nSPS) is 12.3. The van der Waals surface area contributed by atoms with Crippen molar-refractivity contribution in [3.05, 3.63) is 71.1 Å². The first-order chi connectivity index (χ1) is 11.2. The number of aromatic nitrogens is 3. The van der Waals surface area contributed by atoms with Gasteiger partial charge in [-0.05, 0) is 29.8 Å². The molecule has 2 heterocycles. The molecule has 118 valence electrons. The Balaban J connectivity index is 1.59. The molecule has 0 aliphatic carbocycles. The van der Waals surface area contributed by atoms with Gasteiger partial charge in [-0.2, -0.15) is 5.10 Å². The number of benzene rings is 1. The van der Waals surface area contributed by atoms with Crippen LogP contribution in [0.5, 0.6) is 0 Å². The maximum Gasteiger partial charge on any atom is 0.0914 e. The third kappa shape index (κ3) is 3.96. The Bertz CT molecular complexity index is 743. The summed E-state index contributed by atoms with van der Waals surface area (Å²) in [6.07, 6.45) is 4.73. The number of aliphatic hydroxyl groups is 1. The van der Waals surface area contributed by atoms with Crippen molar-refractivity contribution in [1.29, 1.82) is 0 Å². The molecule has 3 N–H and O–H groups in total. The zero-order valence-corrected chi connectivity index (χ0v) is 13.2. The van der Waals surface area contributed by atoms with Crippen molar-refractivity contribution in [2.45, 2.75) is 12.6 Å². The minimum absolute atomic E-state index is 0.444. The minimum atomic E-state index is -0.582. The van der Waals surface area contributed by atoms with Gasteiger partial charge < -0.3 is 10.4 Å². The quantitative estimate of drug-likeness (QED) is 0.650. The van der Waals surface area contributed by atoms with Crippen LogP contribution in [0.3, 0.4) is 0 Å². The predicted octanol–water partition coefficient (Wildman–Crippen LogP) is 2.95. The summed E-state index contributed by atoms with van der Waals surface area (Å²) in [5.41, 5.74) is 3.79. The van der Waals surface area contributed by atoms with Crippen molar-refractivity contribution in [3.8, 4) is 11.3 Å². The number of pyridine rings is 1. The molecule has 23 heavy (non-hydrogen) atoms. The number of aromatic amines is 1. The molecule has 2 aromatic heterocycles. The number of H-pyrrole nitrogens is 1. The minimum Gasteiger partial charge on any atom is -0.387 e. The highest BCUT2D eigenvalue weighted by Gasteiger charge is 2.10. The van der Waals surface area contributed by atoms with Gasteiger partial charge in [-0.1, -0.05) is 23.7 Å². The van der Waals surface area contributed by atoms with Gasteiger partial charge in [0.15, 0.2) is 0 Å². The monoisotopic (exact) mass is 328 g/mol. The van der Waals surface area contributed by atoms with Crippen LogP contribution in [0.15, 0.2) is 55.0 Å². The number of halogens is 1. The summed E-state index contributed by atoms with van der Waals surface area (Å²) in [5.74, 6) is 0. The van der Waals surface area contributed by atoms with E-state index in [9.17, 15) is 5.11 Å². The van der Waals surface area contributed by atoms with Crippen molar-refractivity contribution in [1.82, 2.24) is 20.5 Å². The average molecular weight is 329 g/mol. The van der Waals surface area contributed by atoms with Crippen molar-refractivity contribution in [3.63, 3.8) is 0 Å². The lowest BCUT2D eigenvalue weighted by atomic mass is 10.1. The molecule has 0 aliphatic heterocycles. The van der Waals surface area contributed by atoms with E-state index < -0.39 is 6.10 Å². The molecule has 0 aliphatic rings. The molecule has 0 unspecified atom stereocenters. The molecule has 0 saturated carbocycles. The van der Waals surface area contributed by atoms with Crippen LogP contribution in [0.25, 0.3) is 11.3 Å². The van der Waals surface area contributed by atoms with Crippen molar-refractivity contribution in [2.75, 3.05) is 6.54 Å². The number of hydrogen-bond donors (Lipinski definition) is 3. The zero-order chi connectivity index (χ0) is 16.1. The summed E-state index contributed by atoms with van der Waals surface area (Å²) in [6, 6.07) is 11.1. The highest BCUT2D eigenvalue weighted by molar-refractivity contribution is 6.30. The van der Waals surface area contributed by atoms with Gasteiger partial charge in [0.25, 0.3) is 0 Å². The summed E-state index contributed by atoms with van der Waals surface area (Å²) >= 11 is 5.85. The molecule has 1 aromatic carbocycles. The smallest absolute Gasteiger partial charge is 0.0914 e. The fraction of sp³-hybridized carbons (Fsp3) is 0.176. The van der Waals surface area contributed by atoms with Crippen LogP contribution >= 0.6 is 11.6 Å². The van der Waals surface area contributed by atoms with Gasteiger partial charge in [-0.25, -0.2) is 0 Å². The molecular weight excluding hydrogens is 312 g/mol. The standard InChI is InChI=1S/C17H17ClN4O/c18-15-5-3-12(4-6-15)16(23)11-20-9-14-10-21-22-17(14)13-2-1-7-19-8-13/h1-8,10,16,20,23H,9,11H2,(H,21,22)/t16-/m1/s1. The Labute approximate surface area is 139 Å². The average Bonchev–Trinajstić information content (AvgIpc) is 3.05. The van der Waals surface area contributed by atoms with E-state index in [0.717, 1.165) is 22.4 Å². The maximum atomic E-state index is 10.2. The molecule has 0 saturated heterocycles. The van der Waals surface area contributed by atoms with Crippen LogP contribution in [-0.2, 0) is 6.54 Å². The van der Waals surface area contributed by atoms with Crippen LogP contribution in [0, 0.1) is 0 Å². The Hall–Kier alpha value is -2.21. The Kier molecular flexibility index (Phi) is 5.02. The van der Waals surface area contributed by atoms with Crippen LogP contribution in [0.2, 0.25) is 5.02 Å². The maximum absolute atomic E-state index is 10.2. The highest BCUT2D eigenvalue weighted by Crippen LogP contribution is 2.20.